The zero-order chi connectivity index (χ0) is 27.9. The van der Waals surface area contributed by atoms with Gasteiger partial charge in [0.15, 0.2) is 0 Å². The number of hydrogen-bond donors (Lipinski definition) is 0. The Morgan fingerprint density at radius 2 is 1.79 bits per heavy atom. The molecule has 39 heavy (non-hydrogen) atoms. The molecule has 1 aromatic carbocycles. The highest BCUT2D eigenvalue weighted by atomic mass is 32.2. The number of pyridine rings is 1. The molecule has 0 spiro atoms. The van der Waals surface area contributed by atoms with Gasteiger partial charge in [0, 0.05) is 31.7 Å². The molecule has 1 amide bonds. The van der Waals surface area contributed by atoms with E-state index in [2.05, 4.69) is 42.2 Å². The van der Waals surface area contributed by atoms with Gasteiger partial charge in [0.05, 0.1) is 4.91 Å². The van der Waals surface area contributed by atoms with E-state index in [0.29, 0.717) is 33.8 Å². The van der Waals surface area contributed by atoms with Gasteiger partial charge in [-0.25, -0.2) is 0 Å². The zero-order valence-electron chi connectivity index (χ0n) is 23.2. The maximum Gasteiger partial charge on any atom is 0.270 e. The first-order chi connectivity index (χ1) is 18.9. The van der Waals surface area contributed by atoms with Crippen LogP contribution in [0.2, 0.25) is 0 Å². The van der Waals surface area contributed by atoms with E-state index in [1.807, 2.05) is 26.0 Å². The van der Waals surface area contributed by atoms with E-state index in [1.54, 1.807) is 9.47 Å². The number of anilines is 1. The van der Waals surface area contributed by atoms with Gasteiger partial charge in [0.1, 0.15) is 21.8 Å². The number of carbonyl (C=O) groups excluding carboxylic acids is 1. The fourth-order valence-corrected chi connectivity index (χ4v) is 6.85. The van der Waals surface area contributed by atoms with Gasteiger partial charge < -0.3 is 4.90 Å². The van der Waals surface area contributed by atoms with E-state index in [4.69, 9.17) is 12.2 Å². The fourth-order valence-electron chi connectivity index (χ4n) is 5.56. The van der Waals surface area contributed by atoms with Gasteiger partial charge in [0.2, 0.25) is 0 Å². The Morgan fingerprint density at radius 3 is 2.44 bits per heavy atom. The summed E-state index contributed by atoms with van der Waals surface area (Å²) in [5.74, 6) is 1.32. The standard InChI is InChI=1S/C31H38N4O2S2/c1-4-6-10-16-35-30(37)27(39-31(35)38)20-25-22(3)26(21-32)29(36)34(15-5-2)28(25)33-17-13-24(14-18-33)19-23-11-8-7-9-12-23/h7-9,11-12,20,24H,4-6,10,13-19H2,1-3H3/b27-20+. The minimum atomic E-state index is -0.248. The van der Waals surface area contributed by atoms with Crippen LogP contribution in [0.25, 0.3) is 6.08 Å². The quantitative estimate of drug-likeness (QED) is 0.193. The maximum atomic E-state index is 13.5. The van der Waals surface area contributed by atoms with Crippen LogP contribution in [0, 0.1) is 24.2 Å². The molecule has 0 atom stereocenters. The first kappa shape index (κ1) is 29.1. The number of nitriles is 1. The van der Waals surface area contributed by atoms with E-state index in [9.17, 15) is 14.9 Å². The minimum Gasteiger partial charge on any atom is -0.357 e. The van der Waals surface area contributed by atoms with Crippen molar-refractivity contribution in [3.05, 3.63) is 67.8 Å². The third kappa shape index (κ3) is 6.47. The molecule has 0 unspecified atom stereocenters. The predicted molar refractivity (Wildman–Crippen MR) is 165 cm³/mol. The van der Waals surface area contributed by atoms with Gasteiger partial charge in [-0.05, 0) is 62.1 Å². The molecule has 0 aliphatic carbocycles. The first-order valence-corrected chi connectivity index (χ1v) is 15.3. The van der Waals surface area contributed by atoms with Crippen molar-refractivity contribution in [2.45, 2.75) is 72.3 Å². The molecule has 6 nitrogen and oxygen atoms in total. The maximum absolute atomic E-state index is 13.5. The van der Waals surface area contributed by atoms with Crippen molar-refractivity contribution in [2.24, 2.45) is 5.92 Å². The van der Waals surface area contributed by atoms with E-state index in [-0.39, 0.29) is 17.0 Å². The molecule has 2 aromatic rings. The summed E-state index contributed by atoms with van der Waals surface area (Å²) in [6.45, 7) is 8.79. The lowest BCUT2D eigenvalue weighted by Gasteiger charge is -2.36. The van der Waals surface area contributed by atoms with Crippen molar-refractivity contribution in [3.8, 4) is 6.07 Å². The highest BCUT2D eigenvalue weighted by Crippen LogP contribution is 2.37. The molecule has 2 saturated heterocycles. The molecule has 0 saturated carbocycles. The molecule has 2 aliphatic rings. The normalized spacial score (nSPS) is 17.3. The average Bonchev–Trinajstić information content (AvgIpc) is 3.20. The van der Waals surface area contributed by atoms with Gasteiger partial charge >= 0.3 is 0 Å². The number of rotatable bonds is 10. The second-order valence-electron chi connectivity index (χ2n) is 10.5. The van der Waals surface area contributed by atoms with Gasteiger partial charge in [0.25, 0.3) is 11.5 Å². The van der Waals surface area contributed by atoms with Crippen LogP contribution < -0.4 is 10.5 Å². The number of nitrogens with zero attached hydrogens (tertiary/aromatic N) is 4. The lowest BCUT2D eigenvalue weighted by molar-refractivity contribution is -0.122. The number of thioether (sulfide) groups is 1. The molecule has 2 aliphatic heterocycles. The van der Waals surface area contributed by atoms with Gasteiger partial charge in [-0.3, -0.25) is 19.1 Å². The fraction of sp³-hybridized carbons (Fsp3) is 0.484. The second-order valence-corrected chi connectivity index (χ2v) is 12.1. The number of thiocarbonyl (C=S) groups is 1. The largest absolute Gasteiger partial charge is 0.357 e. The van der Waals surface area contributed by atoms with Crippen LogP contribution in [0.4, 0.5) is 5.82 Å². The SMILES string of the molecule is CCCCCN1C(=O)/C(=C\c2c(C)c(C#N)c(=O)n(CCC)c2N2CCC(Cc3ccccc3)CC2)SC1=S. The van der Waals surface area contributed by atoms with Crippen LogP contribution >= 0.6 is 24.0 Å². The number of piperidine rings is 1. The highest BCUT2D eigenvalue weighted by molar-refractivity contribution is 8.26. The van der Waals surface area contributed by atoms with Crippen molar-refractivity contribution in [1.29, 1.82) is 5.26 Å². The van der Waals surface area contributed by atoms with Gasteiger partial charge in [-0.2, -0.15) is 5.26 Å². The summed E-state index contributed by atoms with van der Waals surface area (Å²) in [5.41, 5.74) is 2.68. The van der Waals surface area contributed by atoms with Crippen LogP contribution in [-0.4, -0.2) is 39.3 Å². The summed E-state index contributed by atoms with van der Waals surface area (Å²) in [7, 11) is 0. The van der Waals surface area contributed by atoms with Crippen LogP contribution in [0.15, 0.2) is 40.0 Å². The lowest BCUT2D eigenvalue weighted by atomic mass is 9.90. The van der Waals surface area contributed by atoms with Crippen molar-refractivity contribution >= 4 is 46.1 Å². The molecule has 3 heterocycles. The van der Waals surface area contributed by atoms with E-state index < -0.39 is 0 Å². The second kappa shape index (κ2) is 13.5. The smallest absolute Gasteiger partial charge is 0.270 e. The van der Waals surface area contributed by atoms with Gasteiger partial charge in [-0.15, -0.1) is 0 Å². The number of unbranched alkanes of at least 4 members (excludes halogenated alkanes) is 2. The molecular weight excluding hydrogens is 525 g/mol. The van der Waals surface area contributed by atoms with Crippen LogP contribution in [-0.2, 0) is 17.8 Å². The number of amides is 1. The van der Waals surface area contributed by atoms with Crippen LogP contribution in [0.5, 0.6) is 0 Å². The summed E-state index contributed by atoms with van der Waals surface area (Å²) in [6.07, 6.45) is 8.78. The molecule has 2 fully saturated rings. The van der Waals surface area contributed by atoms with E-state index in [0.717, 1.165) is 69.4 Å². The Kier molecular flexibility index (Phi) is 10.0. The topological polar surface area (TPSA) is 69.3 Å². The monoisotopic (exact) mass is 562 g/mol. The number of aromatic nitrogens is 1. The lowest BCUT2D eigenvalue weighted by Crippen LogP contribution is -2.40. The molecule has 0 N–H and O–H groups in total. The summed E-state index contributed by atoms with van der Waals surface area (Å²) in [5, 5.41) is 9.91. The highest BCUT2D eigenvalue weighted by Gasteiger charge is 2.33. The predicted octanol–water partition coefficient (Wildman–Crippen LogP) is 6.29. The van der Waals surface area contributed by atoms with Crippen molar-refractivity contribution in [2.75, 3.05) is 24.5 Å². The van der Waals surface area contributed by atoms with E-state index >= 15 is 0 Å². The zero-order valence-corrected chi connectivity index (χ0v) is 24.9. The average molecular weight is 563 g/mol. The summed E-state index contributed by atoms with van der Waals surface area (Å²) in [4.78, 5) is 31.4. The summed E-state index contributed by atoms with van der Waals surface area (Å²) in [6, 6.07) is 12.7. The summed E-state index contributed by atoms with van der Waals surface area (Å²) >= 11 is 6.88. The molecule has 8 heteroatoms. The third-order valence-electron chi connectivity index (χ3n) is 7.71. The first-order valence-electron chi connectivity index (χ1n) is 14.1. The molecule has 1 aromatic heterocycles. The third-order valence-corrected chi connectivity index (χ3v) is 9.09. The van der Waals surface area contributed by atoms with Crippen LogP contribution in [0.3, 0.4) is 0 Å². The Bertz CT molecular complexity index is 1340. The molecular formula is C31H38N4O2S2. The molecule has 0 radical (unpaired) electrons. The number of carbonyl (C=O) groups is 1. The Balaban J connectivity index is 1.70. The van der Waals surface area contributed by atoms with E-state index in [1.165, 1.54) is 17.3 Å². The van der Waals surface area contributed by atoms with Crippen LogP contribution in [0.1, 0.15) is 74.6 Å². The number of benzene rings is 1. The number of hydrogen-bond acceptors (Lipinski definition) is 6. The Morgan fingerprint density at radius 1 is 1.08 bits per heavy atom. The summed E-state index contributed by atoms with van der Waals surface area (Å²) < 4.78 is 2.34. The minimum absolute atomic E-state index is 0.0835. The Hall–Kier alpha value is -2.89. The molecule has 0 bridgehead atoms. The van der Waals surface area contributed by atoms with Crippen molar-refractivity contribution in [1.82, 2.24) is 9.47 Å². The van der Waals surface area contributed by atoms with Crippen molar-refractivity contribution < 1.29 is 4.79 Å². The Labute approximate surface area is 241 Å². The van der Waals surface area contributed by atoms with Gasteiger partial charge in [-0.1, -0.05) is 81.0 Å². The molecule has 206 valence electrons. The van der Waals surface area contributed by atoms with Crippen molar-refractivity contribution in [3.63, 3.8) is 0 Å². The molecule has 4 rings (SSSR count).